The van der Waals surface area contributed by atoms with Crippen LogP contribution in [0.5, 0.6) is 0 Å². The Bertz CT molecular complexity index is 889. The van der Waals surface area contributed by atoms with Gasteiger partial charge in [-0.1, -0.05) is 22.4 Å². The highest BCUT2D eigenvalue weighted by Gasteiger charge is 2.23. The Morgan fingerprint density at radius 1 is 1.30 bits per heavy atom. The number of hydrogen-bond acceptors (Lipinski definition) is 2. The minimum absolute atomic E-state index is 0.0278. The van der Waals surface area contributed by atoms with Crippen LogP contribution in [0.4, 0.5) is 0 Å². The molecule has 0 aliphatic heterocycles. The number of rotatable bonds is 1. The van der Waals surface area contributed by atoms with Crippen molar-refractivity contribution in [3.63, 3.8) is 0 Å². The molecule has 0 N–H and O–H groups in total. The summed E-state index contributed by atoms with van der Waals surface area (Å²) in [5, 5.41) is 5.44. The van der Waals surface area contributed by atoms with E-state index in [4.69, 9.17) is 5.10 Å². The van der Waals surface area contributed by atoms with Crippen LogP contribution in [-0.2, 0) is 7.05 Å². The summed E-state index contributed by atoms with van der Waals surface area (Å²) >= 11 is 3.47. The summed E-state index contributed by atoms with van der Waals surface area (Å²) in [6.45, 7) is 0. The Hall–Kier alpha value is -1.62. The van der Waals surface area contributed by atoms with E-state index < -0.39 is 0 Å². The van der Waals surface area contributed by atoms with Gasteiger partial charge < -0.3 is 0 Å². The van der Waals surface area contributed by atoms with Crippen molar-refractivity contribution < 1.29 is 0 Å². The molecular weight excluding hydrogens is 318 g/mol. The molecule has 0 radical (unpaired) electrons. The number of nitrogens with zero attached hydrogens (tertiary/aromatic N) is 3. The van der Waals surface area contributed by atoms with Gasteiger partial charge in [0, 0.05) is 23.5 Å². The minimum Gasteiger partial charge on any atom is -0.296 e. The number of aryl methyl sites for hydroxylation is 1. The Morgan fingerprint density at radius 3 is 2.80 bits per heavy atom. The van der Waals surface area contributed by atoms with E-state index in [-0.39, 0.29) is 5.56 Å². The highest BCUT2D eigenvalue weighted by atomic mass is 79.9. The van der Waals surface area contributed by atoms with Gasteiger partial charge in [-0.05, 0) is 31.0 Å². The summed E-state index contributed by atoms with van der Waals surface area (Å²) in [7, 11) is 1.81. The molecule has 0 bridgehead atoms. The highest BCUT2D eigenvalue weighted by molar-refractivity contribution is 9.10. The molecule has 0 unspecified atom stereocenters. The van der Waals surface area contributed by atoms with Crippen molar-refractivity contribution in [2.24, 2.45) is 7.05 Å². The van der Waals surface area contributed by atoms with Gasteiger partial charge in [-0.2, -0.15) is 5.10 Å². The zero-order chi connectivity index (χ0) is 13.9. The van der Waals surface area contributed by atoms with Crippen LogP contribution < -0.4 is 5.56 Å². The summed E-state index contributed by atoms with van der Waals surface area (Å²) in [5.74, 6) is 0.562. The van der Waals surface area contributed by atoms with E-state index in [1.165, 1.54) is 19.3 Å². The lowest BCUT2D eigenvalue weighted by atomic mass is 9.83. The molecule has 3 aromatic rings. The molecule has 2 aromatic heterocycles. The molecule has 1 aliphatic carbocycles. The van der Waals surface area contributed by atoms with E-state index in [1.54, 1.807) is 4.57 Å². The Balaban J connectivity index is 2.13. The number of hydrogen-bond donors (Lipinski definition) is 0. The molecule has 1 aliphatic rings. The molecule has 1 fully saturated rings. The molecule has 5 heteroatoms. The lowest BCUT2D eigenvalue weighted by Crippen LogP contribution is -2.19. The van der Waals surface area contributed by atoms with E-state index in [0.29, 0.717) is 11.3 Å². The lowest BCUT2D eigenvalue weighted by molar-refractivity contribution is 0.410. The first-order valence-electron chi connectivity index (χ1n) is 6.83. The van der Waals surface area contributed by atoms with Crippen LogP contribution in [-0.4, -0.2) is 14.2 Å². The molecule has 2 heterocycles. The van der Waals surface area contributed by atoms with Gasteiger partial charge >= 0.3 is 0 Å². The van der Waals surface area contributed by atoms with Gasteiger partial charge in [-0.25, -0.2) is 4.52 Å². The van der Waals surface area contributed by atoms with Gasteiger partial charge in [-0.3, -0.25) is 9.36 Å². The quantitative estimate of drug-likeness (QED) is 0.686. The maximum atomic E-state index is 12.4. The van der Waals surface area contributed by atoms with Crippen molar-refractivity contribution in [3.05, 3.63) is 44.8 Å². The first-order chi connectivity index (χ1) is 9.65. The van der Waals surface area contributed by atoms with Crippen LogP contribution in [0, 0.1) is 0 Å². The first-order valence-corrected chi connectivity index (χ1v) is 7.62. The average molecular weight is 332 g/mol. The standard InChI is InChI=1S/C15H14BrN3O/c1-18-14-8-12(9-3-2-4-9)17-19(14)13-7-10(16)5-6-11(13)15(18)20/h5-9H,2-4H2,1H3. The fourth-order valence-corrected chi connectivity index (χ4v) is 3.20. The number of fused-ring (bicyclic) bond motifs is 3. The second kappa shape index (κ2) is 4.19. The molecule has 1 saturated carbocycles. The summed E-state index contributed by atoms with van der Waals surface area (Å²) < 4.78 is 4.54. The van der Waals surface area contributed by atoms with Crippen molar-refractivity contribution in [1.82, 2.24) is 14.2 Å². The monoisotopic (exact) mass is 331 g/mol. The predicted molar refractivity (Wildman–Crippen MR) is 82.2 cm³/mol. The SMILES string of the molecule is Cn1c(=O)c2ccc(Br)cc2n2nc(C3CCC3)cc12. The molecule has 20 heavy (non-hydrogen) atoms. The number of benzene rings is 1. The summed E-state index contributed by atoms with van der Waals surface area (Å²) in [6.07, 6.45) is 3.70. The van der Waals surface area contributed by atoms with Gasteiger partial charge in [0.05, 0.1) is 16.6 Å². The molecule has 102 valence electrons. The van der Waals surface area contributed by atoms with Gasteiger partial charge in [0.15, 0.2) is 0 Å². The molecule has 4 nitrogen and oxygen atoms in total. The van der Waals surface area contributed by atoms with Gasteiger partial charge in [0.1, 0.15) is 5.65 Å². The summed E-state index contributed by atoms with van der Waals surface area (Å²) in [5.41, 5.74) is 2.87. The van der Waals surface area contributed by atoms with Gasteiger partial charge in [0.2, 0.25) is 0 Å². The van der Waals surface area contributed by atoms with E-state index in [0.717, 1.165) is 21.3 Å². The maximum Gasteiger partial charge on any atom is 0.261 e. The average Bonchev–Trinajstić information content (AvgIpc) is 2.78. The molecule has 0 spiro atoms. The third-order valence-electron chi connectivity index (χ3n) is 4.30. The zero-order valence-electron chi connectivity index (χ0n) is 11.1. The third-order valence-corrected chi connectivity index (χ3v) is 4.79. The molecule has 0 atom stereocenters. The normalized spacial score (nSPS) is 15.9. The van der Waals surface area contributed by atoms with Crippen LogP contribution in [0.3, 0.4) is 0 Å². The van der Waals surface area contributed by atoms with Crippen LogP contribution in [0.2, 0.25) is 0 Å². The minimum atomic E-state index is 0.0278. The number of halogens is 1. The lowest BCUT2D eigenvalue weighted by Gasteiger charge is -2.22. The second-order valence-electron chi connectivity index (χ2n) is 5.49. The Morgan fingerprint density at radius 2 is 2.10 bits per heavy atom. The van der Waals surface area contributed by atoms with Crippen molar-refractivity contribution >= 4 is 32.5 Å². The van der Waals surface area contributed by atoms with Crippen molar-refractivity contribution in [2.75, 3.05) is 0 Å². The van der Waals surface area contributed by atoms with Crippen LogP contribution >= 0.6 is 15.9 Å². The van der Waals surface area contributed by atoms with E-state index in [9.17, 15) is 4.79 Å². The topological polar surface area (TPSA) is 39.3 Å². The first kappa shape index (κ1) is 12.1. The second-order valence-corrected chi connectivity index (χ2v) is 6.41. The summed E-state index contributed by atoms with van der Waals surface area (Å²) in [4.78, 5) is 12.4. The van der Waals surface area contributed by atoms with E-state index in [1.807, 2.05) is 29.8 Å². The smallest absolute Gasteiger partial charge is 0.261 e. The van der Waals surface area contributed by atoms with Crippen LogP contribution in [0.25, 0.3) is 16.6 Å². The van der Waals surface area contributed by atoms with Gasteiger partial charge in [-0.15, -0.1) is 0 Å². The zero-order valence-corrected chi connectivity index (χ0v) is 12.7. The maximum absolute atomic E-state index is 12.4. The molecule has 1 aromatic carbocycles. The third kappa shape index (κ3) is 1.59. The fourth-order valence-electron chi connectivity index (χ4n) is 2.85. The van der Waals surface area contributed by atoms with Crippen LogP contribution in [0.1, 0.15) is 30.9 Å². The van der Waals surface area contributed by atoms with Gasteiger partial charge in [0.25, 0.3) is 5.56 Å². The van der Waals surface area contributed by atoms with Crippen molar-refractivity contribution in [1.29, 1.82) is 0 Å². The Kier molecular flexibility index (Phi) is 2.54. The Labute approximate surface area is 124 Å². The van der Waals surface area contributed by atoms with Crippen molar-refractivity contribution in [2.45, 2.75) is 25.2 Å². The molecule has 4 rings (SSSR count). The predicted octanol–water partition coefficient (Wildman–Crippen LogP) is 3.22. The summed E-state index contributed by atoms with van der Waals surface area (Å²) in [6, 6.07) is 7.77. The molecule has 0 saturated heterocycles. The van der Waals surface area contributed by atoms with Crippen LogP contribution in [0.15, 0.2) is 33.5 Å². The fraction of sp³-hybridized carbons (Fsp3) is 0.333. The number of aromatic nitrogens is 3. The van der Waals surface area contributed by atoms with Crippen molar-refractivity contribution in [3.8, 4) is 0 Å². The highest BCUT2D eigenvalue weighted by Crippen LogP contribution is 2.36. The van der Waals surface area contributed by atoms with E-state index >= 15 is 0 Å². The largest absolute Gasteiger partial charge is 0.296 e. The molecular formula is C15H14BrN3O. The molecule has 0 amide bonds. The van der Waals surface area contributed by atoms with E-state index in [2.05, 4.69) is 22.0 Å².